The Morgan fingerprint density at radius 3 is 2.72 bits per heavy atom. The lowest BCUT2D eigenvalue weighted by atomic mass is 9.81. The molecule has 0 aromatic heterocycles. The molecule has 4 unspecified atom stereocenters. The van der Waals surface area contributed by atoms with Crippen molar-refractivity contribution in [3.05, 3.63) is 0 Å². The molecule has 0 radical (unpaired) electrons. The summed E-state index contributed by atoms with van der Waals surface area (Å²) in [6.07, 6.45) is 7.45. The van der Waals surface area contributed by atoms with Crippen molar-refractivity contribution < 1.29 is 5.11 Å². The zero-order chi connectivity index (χ0) is 12.5. The van der Waals surface area contributed by atoms with Crippen LogP contribution >= 0.6 is 0 Å². The summed E-state index contributed by atoms with van der Waals surface area (Å²) in [5, 5.41) is 10.3. The van der Waals surface area contributed by atoms with Crippen LogP contribution in [0.2, 0.25) is 0 Å². The Labute approximate surface area is 111 Å². The molecule has 0 amide bonds. The van der Waals surface area contributed by atoms with Crippen molar-refractivity contribution in [2.75, 3.05) is 26.2 Å². The van der Waals surface area contributed by atoms with E-state index >= 15 is 0 Å². The minimum absolute atomic E-state index is 0.0687. The van der Waals surface area contributed by atoms with Crippen molar-refractivity contribution in [1.82, 2.24) is 9.80 Å². The summed E-state index contributed by atoms with van der Waals surface area (Å²) in [5.41, 5.74) is 0. The molecule has 0 aromatic rings. The Morgan fingerprint density at radius 1 is 1.06 bits per heavy atom. The summed E-state index contributed by atoms with van der Waals surface area (Å²) in [4.78, 5) is 5.27. The molecule has 0 spiro atoms. The fourth-order valence-electron chi connectivity index (χ4n) is 4.29. The smallest absolute Gasteiger partial charge is 0.0695 e. The molecule has 0 bridgehead atoms. The quantitative estimate of drug-likeness (QED) is 0.810. The van der Waals surface area contributed by atoms with E-state index in [0.717, 1.165) is 18.4 Å². The maximum absolute atomic E-state index is 10.3. The Kier molecular flexibility index (Phi) is 3.92. The molecule has 1 aliphatic carbocycles. The number of rotatable bonds is 2. The van der Waals surface area contributed by atoms with Crippen molar-refractivity contribution in [1.29, 1.82) is 0 Å². The predicted molar refractivity (Wildman–Crippen MR) is 73.6 cm³/mol. The Balaban J connectivity index is 1.62. The van der Waals surface area contributed by atoms with Crippen LogP contribution in [0.1, 0.15) is 45.4 Å². The molecule has 2 heterocycles. The first-order valence-electron chi connectivity index (χ1n) is 7.94. The summed E-state index contributed by atoms with van der Waals surface area (Å²) >= 11 is 0. The number of piperazine rings is 1. The van der Waals surface area contributed by atoms with Gasteiger partial charge in [0.15, 0.2) is 0 Å². The molecular weight excluding hydrogens is 224 g/mol. The van der Waals surface area contributed by atoms with E-state index in [-0.39, 0.29) is 6.10 Å². The molecule has 3 fully saturated rings. The van der Waals surface area contributed by atoms with Crippen LogP contribution < -0.4 is 0 Å². The summed E-state index contributed by atoms with van der Waals surface area (Å²) in [6, 6.07) is 1.24. The van der Waals surface area contributed by atoms with Crippen LogP contribution in [0.4, 0.5) is 0 Å². The molecule has 1 saturated carbocycles. The van der Waals surface area contributed by atoms with Crippen molar-refractivity contribution in [3.63, 3.8) is 0 Å². The molecule has 3 heteroatoms. The van der Waals surface area contributed by atoms with Crippen LogP contribution in [0.25, 0.3) is 0 Å². The van der Waals surface area contributed by atoms with Crippen molar-refractivity contribution in [2.45, 2.75) is 63.6 Å². The van der Waals surface area contributed by atoms with Crippen LogP contribution in [0.3, 0.4) is 0 Å². The third kappa shape index (κ3) is 2.45. The monoisotopic (exact) mass is 252 g/mol. The van der Waals surface area contributed by atoms with Gasteiger partial charge in [0.05, 0.1) is 6.10 Å². The molecule has 2 saturated heterocycles. The van der Waals surface area contributed by atoms with Gasteiger partial charge in [-0.3, -0.25) is 9.80 Å². The van der Waals surface area contributed by atoms with Gasteiger partial charge in [-0.05, 0) is 44.6 Å². The Hall–Kier alpha value is -0.120. The highest BCUT2D eigenvalue weighted by Crippen LogP contribution is 2.32. The van der Waals surface area contributed by atoms with E-state index in [1.807, 2.05) is 0 Å². The van der Waals surface area contributed by atoms with Crippen LogP contribution in [-0.4, -0.2) is 59.3 Å². The van der Waals surface area contributed by atoms with E-state index < -0.39 is 0 Å². The first-order chi connectivity index (χ1) is 8.78. The van der Waals surface area contributed by atoms with Gasteiger partial charge in [-0.15, -0.1) is 0 Å². The molecular formula is C15H28N2O. The van der Waals surface area contributed by atoms with Gasteiger partial charge in [0.25, 0.3) is 0 Å². The van der Waals surface area contributed by atoms with E-state index in [1.54, 1.807) is 0 Å². The summed E-state index contributed by atoms with van der Waals surface area (Å²) in [5.74, 6) is 0.847. The standard InChI is InChI=1S/C15H28N2O/c1-2-12-5-6-15(18)14(10-12)17-9-8-16-7-3-4-13(16)11-17/h12-15,18H,2-11H2,1H3. The van der Waals surface area contributed by atoms with Gasteiger partial charge in [0.1, 0.15) is 0 Å². The fourth-order valence-corrected chi connectivity index (χ4v) is 4.29. The van der Waals surface area contributed by atoms with Gasteiger partial charge in [-0.25, -0.2) is 0 Å². The van der Waals surface area contributed by atoms with Gasteiger partial charge in [0.2, 0.25) is 0 Å². The molecule has 4 atom stereocenters. The average molecular weight is 252 g/mol. The lowest BCUT2D eigenvalue weighted by Gasteiger charge is -2.46. The van der Waals surface area contributed by atoms with E-state index in [9.17, 15) is 5.11 Å². The predicted octanol–water partition coefficient (Wildman–Crippen LogP) is 1.71. The highest BCUT2D eigenvalue weighted by molar-refractivity contribution is 4.93. The number of hydrogen-bond acceptors (Lipinski definition) is 3. The highest BCUT2D eigenvalue weighted by atomic mass is 16.3. The van der Waals surface area contributed by atoms with Crippen LogP contribution in [0.5, 0.6) is 0 Å². The van der Waals surface area contributed by atoms with E-state index in [2.05, 4.69) is 16.7 Å². The lowest BCUT2D eigenvalue weighted by molar-refractivity contribution is -0.0261. The first kappa shape index (κ1) is 12.9. The second-order valence-electron chi connectivity index (χ2n) is 6.55. The third-order valence-electron chi connectivity index (χ3n) is 5.55. The van der Waals surface area contributed by atoms with Crippen LogP contribution in [-0.2, 0) is 0 Å². The maximum atomic E-state index is 10.3. The van der Waals surface area contributed by atoms with Gasteiger partial charge in [-0.1, -0.05) is 13.3 Å². The van der Waals surface area contributed by atoms with Crippen molar-refractivity contribution in [3.8, 4) is 0 Å². The number of nitrogens with zero attached hydrogens (tertiary/aromatic N) is 2. The maximum Gasteiger partial charge on any atom is 0.0695 e. The fraction of sp³-hybridized carbons (Fsp3) is 1.00. The Bertz CT molecular complexity index is 284. The first-order valence-corrected chi connectivity index (χ1v) is 7.94. The van der Waals surface area contributed by atoms with E-state index in [4.69, 9.17) is 0 Å². The Morgan fingerprint density at radius 2 is 1.89 bits per heavy atom. The van der Waals surface area contributed by atoms with E-state index in [1.165, 1.54) is 58.3 Å². The molecule has 3 rings (SSSR count). The molecule has 2 aliphatic heterocycles. The average Bonchev–Trinajstić information content (AvgIpc) is 2.86. The molecule has 18 heavy (non-hydrogen) atoms. The second kappa shape index (κ2) is 5.48. The normalized spacial score (nSPS) is 43.0. The third-order valence-corrected chi connectivity index (χ3v) is 5.55. The van der Waals surface area contributed by atoms with Gasteiger partial charge >= 0.3 is 0 Å². The zero-order valence-electron chi connectivity index (χ0n) is 11.7. The molecule has 1 N–H and O–H groups in total. The number of aliphatic hydroxyl groups is 1. The highest BCUT2D eigenvalue weighted by Gasteiger charge is 2.38. The lowest BCUT2D eigenvalue weighted by Crippen LogP contribution is -2.57. The minimum Gasteiger partial charge on any atom is -0.391 e. The van der Waals surface area contributed by atoms with Crippen LogP contribution in [0, 0.1) is 5.92 Å². The van der Waals surface area contributed by atoms with Crippen molar-refractivity contribution >= 4 is 0 Å². The second-order valence-corrected chi connectivity index (χ2v) is 6.55. The molecule has 0 aromatic carbocycles. The molecule has 3 nitrogen and oxygen atoms in total. The summed E-state index contributed by atoms with van der Waals surface area (Å²) in [6.45, 7) is 7.22. The zero-order valence-corrected chi connectivity index (χ0v) is 11.7. The number of fused-ring (bicyclic) bond motifs is 1. The molecule has 3 aliphatic rings. The summed E-state index contributed by atoms with van der Waals surface area (Å²) < 4.78 is 0. The van der Waals surface area contributed by atoms with Crippen molar-refractivity contribution in [2.24, 2.45) is 5.92 Å². The van der Waals surface area contributed by atoms with Gasteiger partial charge in [-0.2, -0.15) is 0 Å². The minimum atomic E-state index is -0.0687. The number of aliphatic hydroxyl groups excluding tert-OH is 1. The van der Waals surface area contributed by atoms with Gasteiger partial charge in [0, 0.05) is 31.7 Å². The number of hydrogen-bond donors (Lipinski definition) is 1. The van der Waals surface area contributed by atoms with E-state index in [0.29, 0.717) is 6.04 Å². The topological polar surface area (TPSA) is 26.7 Å². The van der Waals surface area contributed by atoms with Crippen LogP contribution in [0.15, 0.2) is 0 Å². The summed E-state index contributed by atoms with van der Waals surface area (Å²) in [7, 11) is 0. The SMILES string of the molecule is CCC1CCC(O)C(N2CCN3CCCC3C2)C1. The van der Waals surface area contributed by atoms with Gasteiger partial charge < -0.3 is 5.11 Å². The molecule has 104 valence electrons. The largest absolute Gasteiger partial charge is 0.391 e.